The number of benzene rings is 2. The van der Waals surface area contributed by atoms with Gasteiger partial charge in [-0.15, -0.1) is 10.2 Å². The van der Waals surface area contributed by atoms with Gasteiger partial charge in [0.15, 0.2) is 0 Å². The largest absolute Gasteiger partial charge is 0.418 e. The average molecular weight is 532 g/mol. The van der Waals surface area contributed by atoms with Gasteiger partial charge >= 0.3 is 6.18 Å². The number of hydrogen-bond acceptors (Lipinski definition) is 6. The van der Waals surface area contributed by atoms with Crippen molar-refractivity contribution in [3.63, 3.8) is 0 Å². The van der Waals surface area contributed by atoms with Crippen molar-refractivity contribution in [1.29, 1.82) is 0 Å². The molecule has 0 aliphatic heterocycles. The van der Waals surface area contributed by atoms with Crippen LogP contribution in [0.4, 0.5) is 23.2 Å². The van der Waals surface area contributed by atoms with Crippen molar-refractivity contribution in [2.45, 2.75) is 37.3 Å². The van der Waals surface area contributed by atoms with E-state index in [9.17, 15) is 22.4 Å². The lowest BCUT2D eigenvalue weighted by atomic mass is 9.88. The number of carbonyl (C=O) groups excluding carboxylic acids is 1. The van der Waals surface area contributed by atoms with Crippen LogP contribution in [0.3, 0.4) is 0 Å². The fourth-order valence-corrected chi connectivity index (χ4v) is 4.02. The summed E-state index contributed by atoms with van der Waals surface area (Å²) in [5.74, 6) is -2.64. The normalized spacial score (nSPS) is 14.4. The number of hydrogen-bond donors (Lipinski definition) is 1. The molecule has 1 N–H and O–H groups in total. The molecule has 1 amide bonds. The monoisotopic (exact) mass is 531 g/mol. The number of amides is 1. The molecular formula is C25H18ClF4N5O2. The Morgan fingerprint density at radius 2 is 1.78 bits per heavy atom. The van der Waals surface area contributed by atoms with Crippen LogP contribution in [0.5, 0.6) is 0 Å². The summed E-state index contributed by atoms with van der Waals surface area (Å²) in [7, 11) is 0. The molecule has 1 aliphatic carbocycles. The Balaban J connectivity index is 1.51. The lowest BCUT2D eigenvalue weighted by Gasteiger charge is -2.21. The van der Waals surface area contributed by atoms with Crippen LogP contribution in [-0.2, 0) is 17.4 Å². The van der Waals surface area contributed by atoms with Gasteiger partial charge in [0.2, 0.25) is 17.6 Å². The summed E-state index contributed by atoms with van der Waals surface area (Å²) in [5.41, 5.74) is -0.343. The maximum atomic E-state index is 14.2. The van der Waals surface area contributed by atoms with Crippen LogP contribution in [0.2, 0.25) is 5.02 Å². The van der Waals surface area contributed by atoms with Crippen molar-refractivity contribution >= 4 is 23.2 Å². The van der Waals surface area contributed by atoms with Crippen molar-refractivity contribution in [2.75, 3.05) is 5.32 Å². The zero-order valence-corrected chi connectivity index (χ0v) is 19.7. The Labute approximate surface area is 212 Å². The molecular weight excluding hydrogens is 514 g/mol. The highest BCUT2D eigenvalue weighted by Gasteiger charge is 2.39. The number of alkyl halides is 3. The second kappa shape index (κ2) is 9.89. The van der Waals surface area contributed by atoms with E-state index in [-0.39, 0.29) is 46.2 Å². The van der Waals surface area contributed by atoms with E-state index in [1.807, 2.05) is 0 Å². The Morgan fingerprint density at radius 3 is 2.43 bits per heavy atom. The Kier molecular flexibility index (Phi) is 6.63. The summed E-state index contributed by atoms with van der Waals surface area (Å²) in [4.78, 5) is 21.3. The van der Waals surface area contributed by atoms with Crippen molar-refractivity contribution in [2.24, 2.45) is 0 Å². The van der Waals surface area contributed by atoms with E-state index in [1.54, 1.807) is 6.07 Å². The molecule has 0 radical (unpaired) electrons. The number of aromatic nitrogens is 4. The lowest BCUT2D eigenvalue weighted by molar-refractivity contribution is -0.138. The maximum Gasteiger partial charge on any atom is 0.416 e. The van der Waals surface area contributed by atoms with Crippen LogP contribution in [0, 0.1) is 5.82 Å². The quantitative estimate of drug-likeness (QED) is 0.286. The first kappa shape index (κ1) is 24.8. The molecule has 2 aromatic carbocycles. The molecule has 37 heavy (non-hydrogen) atoms. The first-order chi connectivity index (χ1) is 17.7. The van der Waals surface area contributed by atoms with Gasteiger partial charge in [-0.25, -0.2) is 14.4 Å². The highest BCUT2D eigenvalue weighted by molar-refractivity contribution is 6.30. The lowest BCUT2D eigenvalue weighted by Crippen LogP contribution is -2.26. The minimum atomic E-state index is -4.70. The number of rotatable bonds is 7. The molecule has 0 saturated heterocycles. The van der Waals surface area contributed by atoms with Crippen LogP contribution in [0.25, 0.3) is 11.7 Å². The molecule has 1 unspecified atom stereocenters. The molecule has 12 heteroatoms. The molecule has 1 saturated carbocycles. The standard InChI is InChI=1S/C25H18ClF4N5O2/c26-15-11-31-22(32-12-15)24-35-34-21(37-24)10-19(23(36)33-17-6-4-16(27)5-7-17)18-8-3-14(13-1-2-13)9-20(18)25(28,29)30/h3-9,11-13,19H,1-2,10H2,(H,33,36). The molecule has 0 bridgehead atoms. The fourth-order valence-electron chi connectivity index (χ4n) is 3.92. The minimum absolute atomic E-state index is 0.0697. The van der Waals surface area contributed by atoms with Gasteiger partial charge in [0.05, 0.1) is 16.5 Å². The molecule has 190 valence electrons. The SMILES string of the molecule is O=C(Nc1ccc(F)cc1)C(Cc1nnc(-c2ncc(Cl)cn2)o1)c1ccc(C2CC2)cc1C(F)(F)F. The zero-order chi connectivity index (χ0) is 26.2. The van der Waals surface area contributed by atoms with Gasteiger partial charge in [0.25, 0.3) is 5.89 Å². The predicted molar refractivity (Wildman–Crippen MR) is 125 cm³/mol. The van der Waals surface area contributed by atoms with E-state index >= 15 is 0 Å². The number of nitrogens with one attached hydrogen (secondary N) is 1. The van der Waals surface area contributed by atoms with Crippen LogP contribution in [-0.4, -0.2) is 26.1 Å². The van der Waals surface area contributed by atoms with Gasteiger partial charge in [-0.3, -0.25) is 4.79 Å². The summed E-state index contributed by atoms with van der Waals surface area (Å²) >= 11 is 5.79. The minimum Gasteiger partial charge on any atom is -0.418 e. The highest BCUT2D eigenvalue weighted by Crippen LogP contribution is 2.44. The number of nitrogens with zero attached hydrogens (tertiary/aromatic N) is 4. The third-order valence-electron chi connectivity index (χ3n) is 5.89. The predicted octanol–water partition coefficient (Wildman–Crippen LogP) is 6.18. The second-order valence-corrected chi connectivity index (χ2v) is 9.03. The van der Waals surface area contributed by atoms with Crippen molar-refractivity contribution < 1.29 is 26.8 Å². The van der Waals surface area contributed by atoms with Crippen molar-refractivity contribution in [1.82, 2.24) is 20.2 Å². The van der Waals surface area contributed by atoms with Gasteiger partial charge in [0, 0.05) is 24.5 Å². The second-order valence-electron chi connectivity index (χ2n) is 8.60. The number of carbonyl (C=O) groups is 1. The van der Waals surface area contributed by atoms with Crippen LogP contribution in [0.1, 0.15) is 47.3 Å². The van der Waals surface area contributed by atoms with Gasteiger partial charge in [0.1, 0.15) is 5.82 Å². The molecule has 4 aromatic rings. The molecule has 1 fully saturated rings. The van der Waals surface area contributed by atoms with E-state index in [2.05, 4.69) is 25.5 Å². The van der Waals surface area contributed by atoms with Crippen molar-refractivity contribution in [3.8, 4) is 11.7 Å². The molecule has 2 aromatic heterocycles. The Morgan fingerprint density at radius 1 is 1.08 bits per heavy atom. The van der Waals surface area contributed by atoms with E-state index in [0.717, 1.165) is 31.0 Å². The van der Waals surface area contributed by atoms with Crippen molar-refractivity contribution in [3.05, 3.63) is 88.3 Å². The number of anilines is 1. The smallest absolute Gasteiger partial charge is 0.416 e. The maximum absolute atomic E-state index is 14.2. The highest BCUT2D eigenvalue weighted by atomic mass is 35.5. The van der Waals surface area contributed by atoms with Gasteiger partial charge in [-0.1, -0.05) is 23.7 Å². The summed E-state index contributed by atoms with van der Waals surface area (Å²) in [5, 5.41) is 10.6. The number of halogens is 5. The first-order valence-corrected chi connectivity index (χ1v) is 11.6. The van der Waals surface area contributed by atoms with Crippen LogP contribution in [0.15, 0.2) is 59.3 Å². The van der Waals surface area contributed by atoms with E-state index < -0.39 is 29.4 Å². The van der Waals surface area contributed by atoms with Gasteiger partial charge in [-0.2, -0.15) is 13.2 Å². The molecule has 5 rings (SSSR count). The third-order valence-corrected chi connectivity index (χ3v) is 6.09. The Bertz CT molecular complexity index is 1420. The molecule has 1 atom stereocenters. The summed E-state index contributed by atoms with van der Waals surface area (Å²) < 4.78 is 61.3. The summed E-state index contributed by atoms with van der Waals surface area (Å²) in [6.45, 7) is 0. The van der Waals surface area contributed by atoms with Gasteiger partial charge in [-0.05, 0) is 60.2 Å². The van der Waals surface area contributed by atoms with E-state index in [4.69, 9.17) is 16.0 Å². The van der Waals surface area contributed by atoms with E-state index in [1.165, 1.54) is 30.6 Å². The summed E-state index contributed by atoms with van der Waals surface area (Å²) in [6.07, 6.45) is -0.746. The average Bonchev–Trinajstić information content (AvgIpc) is 3.62. The molecule has 1 aliphatic rings. The molecule has 2 heterocycles. The topological polar surface area (TPSA) is 93.8 Å². The molecule has 0 spiro atoms. The van der Waals surface area contributed by atoms with E-state index in [0.29, 0.717) is 5.56 Å². The first-order valence-electron chi connectivity index (χ1n) is 11.2. The van der Waals surface area contributed by atoms with Gasteiger partial charge < -0.3 is 9.73 Å². The Hall–Kier alpha value is -3.86. The molecule has 7 nitrogen and oxygen atoms in total. The van der Waals surface area contributed by atoms with Crippen LogP contribution < -0.4 is 5.32 Å². The zero-order valence-electron chi connectivity index (χ0n) is 19.0. The third kappa shape index (κ3) is 5.77. The fraction of sp³-hybridized carbons (Fsp3) is 0.240. The van der Waals surface area contributed by atoms with Crippen LogP contribution >= 0.6 is 11.6 Å². The summed E-state index contributed by atoms with van der Waals surface area (Å²) in [6, 6.07) is 8.93.